The average Bonchev–Trinajstić information content (AvgIpc) is 2.46. The topological polar surface area (TPSA) is 0 Å². The molecule has 0 bridgehead atoms. The normalized spacial score (nSPS) is 23.4. The van der Waals surface area contributed by atoms with Gasteiger partial charge in [0, 0.05) is 0 Å². The van der Waals surface area contributed by atoms with E-state index in [2.05, 4.69) is 37.3 Å². The van der Waals surface area contributed by atoms with Crippen molar-refractivity contribution in [2.45, 2.75) is 71.1 Å². The van der Waals surface area contributed by atoms with Gasteiger partial charge < -0.3 is 0 Å². The summed E-state index contributed by atoms with van der Waals surface area (Å²) in [6.45, 7) is 2.42. The molecule has 1 aromatic rings. The zero-order valence-corrected chi connectivity index (χ0v) is 12.6. The second-order valence-electron chi connectivity index (χ2n) is 6.56. The molecule has 0 heterocycles. The smallest absolute Gasteiger partial charge is 0.0279 e. The molecule has 1 aromatic carbocycles. The van der Waals surface area contributed by atoms with Crippen molar-refractivity contribution < 1.29 is 0 Å². The van der Waals surface area contributed by atoms with Gasteiger partial charge in [0.15, 0.2) is 0 Å². The van der Waals surface area contributed by atoms with E-state index in [1.54, 1.807) is 0 Å². The molecule has 0 atom stereocenters. The number of unbranched alkanes of at least 4 members (excludes halogenated alkanes) is 3. The second-order valence-corrected chi connectivity index (χ2v) is 6.56. The Kier molecular flexibility index (Phi) is 6.47. The predicted octanol–water partition coefficient (Wildman–Crippen LogP) is 6.01. The van der Waals surface area contributed by atoms with Gasteiger partial charge in [-0.1, -0.05) is 88.6 Å². The van der Waals surface area contributed by atoms with E-state index in [1.807, 2.05) is 0 Å². The highest BCUT2D eigenvalue weighted by atomic mass is 14.2. The zero-order valence-electron chi connectivity index (χ0n) is 12.6. The van der Waals surface area contributed by atoms with Crippen molar-refractivity contribution in [1.82, 2.24) is 0 Å². The van der Waals surface area contributed by atoms with Crippen molar-refractivity contribution in [2.75, 3.05) is 0 Å². The summed E-state index contributed by atoms with van der Waals surface area (Å²) in [5.74, 6) is 2.06. The quantitative estimate of drug-likeness (QED) is 0.526. The monoisotopic (exact) mass is 258 g/mol. The molecule has 0 nitrogen and oxygen atoms in total. The van der Waals surface area contributed by atoms with Crippen molar-refractivity contribution in [3.8, 4) is 0 Å². The predicted molar refractivity (Wildman–Crippen MR) is 84.4 cm³/mol. The SMILES string of the molecule is CC1CCC(CCCCCCc2ccccc2)CC1. The minimum atomic E-state index is 1.00. The van der Waals surface area contributed by atoms with Gasteiger partial charge >= 0.3 is 0 Å². The van der Waals surface area contributed by atoms with Crippen molar-refractivity contribution >= 4 is 0 Å². The first-order valence-corrected chi connectivity index (χ1v) is 8.38. The van der Waals surface area contributed by atoms with E-state index in [0.29, 0.717) is 0 Å². The number of rotatable bonds is 7. The summed E-state index contributed by atoms with van der Waals surface area (Å²) >= 11 is 0. The van der Waals surface area contributed by atoms with E-state index in [9.17, 15) is 0 Å². The van der Waals surface area contributed by atoms with Crippen LogP contribution in [0.3, 0.4) is 0 Å². The molecule has 0 N–H and O–H groups in total. The molecular weight excluding hydrogens is 228 g/mol. The van der Waals surface area contributed by atoms with Crippen LogP contribution in [0.25, 0.3) is 0 Å². The summed E-state index contributed by atoms with van der Waals surface area (Å²) in [7, 11) is 0. The molecule has 0 unspecified atom stereocenters. The third-order valence-corrected chi connectivity index (χ3v) is 4.81. The third-order valence-electron chi connectivity index (χ3n) is 4.81. The highest BCUT2D eigenvalue weighted by Gasteiger charge is 2.17. The molecule has 1 fully saturated rings. The molecule has 0 aliphatic heterocycles. The summed E-state index contributed by atoms with van der Waals surface area (Å²) in [5, 5.41) is 0. The molecule has 0 aromatic heterocycles. The van der Waals surface area contributed by atoms with Gasteiger partial charge in [0.2, 0.25) is 0 Å². The molecule has 106 valence electrons. The first kappa shape index (κ1) is 14.6. The lowest BCUT2D eigenvalue weighted by atomic mass is 9.80. The maximum absolute atomic E-state index is 2.42. The first-order chi connectivity index (χ1) is 9.34. The van der Waals surface area contributed by atoms with E-state index in [1.165, 1.54) is 69.8 Å². The largest absolute Gasteiger partial charge is 0.0625 e. The van der Waals surface area contributed by atoms with Crippen LogP contribution in [0.15, 0.2) is 30.3 Å². The number of benzene rings is 1. The van der Waals surface area contributed by atoms with Crippen LogP contribution in [0.5, 0.6) is 0 Å². The minimum absolute atomic E-state index is 1.00. The van der Waals surface area contributed by atoms with Gasteiger partial charge in [-0.2, -0.15) is 0 Å². The number of hydrogen-bond donors (Lipinski definition) is 0. The van der Waals surface area contributed by atoms with Gasteiger partial charge in [0.05, 0.1) is 0 Å². The van der Waals surface area contributed by atoms with Crippen molar-refractivity contribution in [2.24, 2.45) is 11.8 Å². The zero-order chi connectivity index (χ0) is 13.3. The molecule has 0 radical (unpaired) electrons. The fourth-order valence-corrected chi connectivity index (χ4v) is 3.38. The summed E-state index contributed by atoms with van der Waals surface area (Å²) < 4.78 is 0. The standard InChI is InChI=1S/C19H30/c1-17-13-15-19(16-14-17)12-6-3-2-5-9-18-10-7-4-8-11-18/h4,7-8,10-11,17,19H,2-3,5-6,9,12-16H2,1H3. The minimum Gasteiger partial charge on any atom is -0.0625 e. The molecule has 1 saturated carbocycles. The van der Waals surface area contributed by atoms with Crippen molar-refractivity contribution in [1.29, 1.82) is 0 Å². The molecule has 0 spiro atoms. The maximum atomic E-state index is 2.42. The van der Waals surface area contributed by atoms with E-state index in [-0.39, 0.29) is 0 Å². The highest BCUT2D eigenvalue weighted by molar-refractivity contribution is 5.14. The third kappa shape index (κ3) is 5.80. The van der Waals surface area contributed by atoms with Gasteiger partial charge in [-0.25, -0.2) is 0 Å². The van der Waals surface area contributed by atoms with Crippen LogP contribution in [0.1, 0.15) is 70.3 Å². The Morgan fingerprint density at radius 1 is 0.842 bits per heavy atom. The first-order valence-electron chi connectivity index (χ1n) is 8.38. The molecule has 0 heteroatoms. The Labute approximate surface area is 119 Å². The Balaban J connectivity index is 1.46. The Bertz CT molecular complexity index is 319. The van der Waals surface area contributed by atoms with E-state index < -0.39 is 0 Å². The summed E-state index contributed by atoms with van der Waals surface area (Å²) in [4.78, 5) is 0. The van der Waals surface area contributed by atoms with Crippen LogP contribution >= 0.6 is 0 Å². The van der Waals surface area contributed by atoms with Crippen LogP contribution < -0.4 is 0 Å². The van der Waals surface area contributed by atoms with Crippen molar-refractivity contribution in [3.05, 3.63) is 35.9 Å². The molecule has 2 rings (SSSR count). The van der Waals surface area contributed by atoms with E-state index in [4.69, 9.17) is 0 Å². The van der Waals surface area contributed by atoms with Gasteiger partial charge in [-0.3, -0.25) is 0 Å². The lowest BCUT2D eigenvalue weighted by molar-refractivity contribution is 0.271. The summed E-state index contributed by atoms with van der Waals surface area (Å²) in [5.41, 5.74) is 1.50. The molecule has 19 heavy (non-hydrogen) atoms. The van der Waals surface area contributed by atoms with Gasteiger partial charge in [-0.05, 0) is 30.2 Å². The van der Waals surface area contributed by atoms with Crippen LogP contribution in [-0.4, -0.2) is 0 Å². The van der Waals surface area contributed by atoms with Gasteiger partial charge in [0.1, 0.15) is 0 Å². The van der Waals surface area contributed by atoms with Crippen LogP contribution in [0.4, 0.5) is 0 Å². The number of hydrogen-bond acceptors (Lipinski definition) is 0. The van der Waals surface area contributed by atoms with E-state index >= 15 is 0 Å². The average molecular weight is 258 g/mol. The molecule has 1 aliphatic rings. The van der Waals surface area contributed by atoms with E-state index in [0.717, 1.165) is 11.8 Å². The molecule has 0 saturated heterocycles. The maximum Gasteiger partial charge on any atom is -0.0279 e. The Morgan fingerprint density at radius 2 is 1.53 bits per heavy atom. The molecule has 1 aliphatic carbocycles. The number of aryl methyl sites for hydroxylation is 1. The highest BCUT2D eigenvalue weighted by Crippen LogP contribution is 2.31. The van der Waals surface area contributed by atoms with Crippen LogP contribution in [0, 0.1) is 11.8 Å². The molecule has 0 amide bonds. The van der Waals surface area contributed by atoms with Crippen LogP contribution in [0.2, 0.25) is 0 Å². The van der Waals surface area contributed by atoms with Crippen LogP contribution in [-0.2, 0) is 6.42 Å². The van der Waals surface area contributed by atoms with Gasteiger partial charge in [-0.15, -0.1) is 0 Å². The summed E-state index contributed by atoms with van der Waals surface area (Å²) in [6.07, 6.45) is 14.4. The lowest BCUT2D eigenvalue weighted by Crippen LogP contribution is -2.12. The Hall–Kier alpha value is -0.780. The fraction of sp³-hybridized carbons (Fsp3) is 0.684. The van der Waals surface area contributed by atoms with Gasteiger partial charge in [0.25, 0.3) is 0 Å². The Morgan fingerprint density at radius 3 is 2.26 bits per heavy atom. The lowest BCUT2D eigenvalue weighted by Gasteiger charge is -2.26. The molecular formula is C19H30. The van der Waals surface area contributed by atoms with Crippen molar-refractivity contribution in [3.63, 3.8) is 0 Å². The summed E-state index contributed by atoms with van der Waals surface area (Å²) in [6, 6.07) is 10.9. The fourth-order valence-electron chi connectivity index (χ4n) is 3.38. The second kappa shape index (κ2) is 8.40.